The second kappa shape index (κ2) is 15.1. The Kier molecular flexibility index (Phi) is 10.0. The Bertz CT molecular complexity index is 2270. The molecule has 0 radical (unpaired) electrons. The van der Waals surface area contributed by atoms with Crippen LogP contribution in [0.3, 0.4) is 0 Å². The summed E-state index contributed by atoms with van der Waals surface area (Å²) in [5.74, 6) is 0.247. The van der Waals surface area contributed by atoms with Crippen LogP contribution in [0, 0.1) is 5.92 Å². The topological polar surface area (TPSA) is 133 Å². The summed E-state index contributed by atoms with van der Waals surface area (Å²) in [4.78, 5) is 56.6. The van der Waals surface area contributed by atoms with Crippen LogP contribution in [0.25, 0.3) is 21.0 Å². The molecule has 0 bridgehead atoms. The van der Waals surface area contributed by atoms with Crippen molar-refractivity contribution >= 4 is 67.2 Å². The first kappa shape index (κ1) is 36.6. The van der Waals surface area contributed by atoms with Crippen molar-refractivity contribution in [1.29, 1.82) is 0 Å². The van der Waals surface area contributed by atoms with E-state index in [-0.39, 0.29) is 18.0 Å². The first-order valence-corrected chi connectivity index (χ1v) is 19.1. The first-order valence-electron chi connectivity index (χ1n) is 18.3. The second-order valence-corrected chi connectivity index (χ2v) is 15.3. The van der Waals surface area contributed by atoms with Gasteiger partial charge in [0, 0.05) is 80.3 Å². The fourth-order valence-electron chi connectivity index (χ4n) is 7.90. The van der Waals surface area contributed by atoms with E-state index in [1.54, 1.807) is 34.6 Å². The van der Waals surface area contributed by atoms with Gasteiger partial charge in [-0.3, -0.25) is 29.7 Å². The Labute approximate surface area is 318 Å². The predicted molar refractivity (Wildman–Crippen MR) is 204 cm³/mol. The number of carbonyl (C=O) groups is 3. The Hall–Kier alpha value is -5.35. The lowest BCUT2D eigenvalue weighted by atomic mass is 9.82. The molecule has 0 atom stereocenters. The van der Waals surface area contributed by atoms with E-state index in [4.69, 9.17) is 9.72 Å². The van der Waals surface area contributed by atoms with Gasteiger partial charge in [0.1, 0.15) is 17.1 Å². The van der Waals surface area contributed by atoms with Gasteiger partial charge in [-0.15, -0.1) is 11.3 Å². The van der Waals surface area contributed by atoms with Crippen LogP contribution in [-0.4, -0.2) is 84.1 Å². The maximum Gasteiger partial charge on any atom is 0.433 e. The highest BCUT2D eigenvalue weighted by molar-refractivity contribution is 7.18. The van der Waals surface area contributed by atoms with Gasteiger partial charge in [-0.2, -0.15) is 13.2 Å². The third-order valence-electron chi connectivity index (χ3n) is 10.8. The molecule has 5 heterocycles. The number of hydrogen-bond acceptors (Lipinski definition) is 10. The Balaban J connectivity index is 0.867. The number of fused-ring (bicyclic) bond motifs is 2. The number of amides is 4. The molecule has 2 saturated heterocycles. The zero-order valence-electron chi connectivity index (χ0n) is 30.1. The molecule has 2 aromatic carbocycles. The van der Waals surface area contributed by atoms with E-state index < -0.39 is 23.8 Å². The number of urea groups is 1. The number of benzene rings is 2. The van der Waals surface area contributed by atoms with Crippen molar-refractivity contribution in [3.8, 4) is 5.75 Å². The summed E-state index contributed by atoms with van der Waals surface area (Å²) >= 11 is 1.57. The van der Waals surface area contributed by atoms with Crippen molar-refractivity contribution in [3.05, 3.63) is 77.3 Å². The largest absolute Gasteiger partial charge is 0.494 e. The van der Waals surface area contributed by atoms with Crippen molar-refractivity contribution in [2.75, 3.05) is 61.5 Å². The number of pyridine rings is 2. The minimum Gasteiger partial charge on any atom is -0.494 e. The smallest absolute Gasteiger partial charge is 0.433 e. The minimum atomic E-state index is -4.66. The summed E-state index contributed by atoms with van der Waals surface area (Å²) in [6.45, 7) is 5.02. The van der Waals surface area contributed by atoms with Crippen LogP contribution in [0.5, 0.6) is 5.75 Å². The van der Waals surface area contributed by atoms with Gasteiger partial charge in [-0.1, -0.05) is 18.2 Å². The molecule has 3 aliphatic rings. The Morgan fingerprint density at radius 2 is 1.73 bits per heavy atom. The normalized spacial score (nSPS) is 19.9. The summed E-state index contributed by atoms with van der Waals surface area (Å²) in [5.41, 5.74) is 1.40. The van der Waals surface area contributed by atoms with Gasteiger partial charge in [0.15, 0.2) is 0 Å². The minimum absolute atomic E-state index is 0.254. The third-order valence-corrected chi connectivity index (χ3v) is 12.0. The number of thiazole rings is 1. The van der Waals surface area contributed by atoms with Crippen molar-refractivity contribution in [1.82, 2.24) is 25.2 Å². The van der Waals surface area contributed by atoms with Crippen LogP contribution in [0.2, 0.25) is 0 Å². The molecular formula is C39H39F3N8O4S. The van der Waals surface area contributed by atoms with E-state index in [1.807, 2.05) is 18.3 Å². The predicted octanol–water partition coefficient (Wildman–Crippen LogP) is 7.06. The van der Waals surface area contributed by atoms with Gasteiger partial charge >= 0.3 is 12.2 Å². The van der Waals surface area contributed by atoms with E-state index in [2.05, 4.69) is 36.5 Å². The second-order valence-electron chi connectivity index (χ2n) is 14.2. The molecule has 1 aliphatic carbocycles. The number of ether oxygens (including phenoxy) is 1. The molecule has 4 amide bonds. The lowest BCUT2D eigenvalue weighted by Gasteiger charge is -2.39. The molecule has 12 nitrogen and oxygen atoms in total. The zero-order valence-corrected chi connectivity index (χ0v) is 30.9. The van der Waals surface area contributed by atoms with Crippen LogP contribution in [-0.2, 0) is 11.0 Å². The summed E-state index contributed by atoms with van der Waals surface area (Å²) in [7, 11) is 1.47. The summed E-state index contributed by atoms with van der Waals surface area (Å²) in [5, 5.41) is 8.03. The molecular weight excluding hydrogens is 734 g/mol. The number of anilines is 3. The van der Waals surface area contributed by atoms with E-state index in [9.17, 15) is 27.6 Å². The number of halogens is 3. The number of nitrogens with one attached hydrogen (secondary N) is 2. The highest BCUT2D eigenvalue weighted by atomic mass is 32.1. The number of carbonyl (C=O) groups excluding carboxylic acids is 3. The van der Waals surface area contributed by atoms with E-state index >= 15 is 0 Å². The number of alkyl halides is 3. The fraction of sp³-hybridized carbons (Fsp3) is 0.385. The van der Waals surface area contributed by atoms with Gasteiger partial charge in [0.2, 0.25) is 5.91 Å². The van der Waals surface area contributed by atoms with Gasteiger partial charge in [-0.25, -0.2) is 14.8 Å². The molecule has 5 aromatic rings. The van der Waals surface area contributed by atoms with E-state index in [1.165, 1.54) is 13.2 Å². The van der Waals surface area contributed by atoms with Gasteiger partial charge < -0.3 is 15.0 Å². The number of rotatable bonds is 8. The maximum absolute atomic E-state index is 13.2. The maximum atomic E-state index is 13.2. The molecule has 3 aromatic heterocycles. The highest BCUT2D eigenvalue weighted by Crippen LogP contribution is 2.42. The third kappa shape index (κ3) is 7.65. The molecule has 16 heteroatoms. The number of piperazine rings is 1. The number of hydrogen-bond donors (Lipinski definition) is 2. The number of nitrogens with zero attached hydrogens (tertiary/aromatic N) is 6. The molecule has 0 unspecified atom stereocenters. The van der Waals surface area contributed by atoms with Crippen molar-refractivity contribution in [2.24, 2.45) is 5.92 Å². The molecule has 286 valence electrons. The van der Waals surface area contributed by atoms with Gasteiger partial charge in [0.05, 0.1) is 39.9 Å². The van der Waals surface area contributed by atoms with Crippen LogP contribution in [0.1, 0.15) is 59.2 Å². The SMILES string of the molecule is COc1cc2nc(C3CCC(CN4CCN(c5cccc6c(N7CCC(=O)NC7=O)cncc56)CC4)CC3)sc2cc1NC(=O)c1cccc(C(F)(F)F)n1. The van der Waals surface area contributed by atoms with E-state index in [0.717, 1.165) is 102 Å². The average molecular weight is 773 g/mol. The lowest BCUT2D eigenvalue weighted by molar-refractivity contribution is -0.141. The number of methoxy groups -OCH3 is 1. The van der Waals surface area contributed by atoms with E-state index in [0.29, 0.717) is 35.5 Å². The van der Waals surface area contributed by atoms with Crippen LogP contribution >= 0.6 is 11.3 Å². The molecule has 1 saturated carbocycles. The van der Waals surface area contributed by atoms with Crippen LogP contribution in [0.15, 0.2) is 60.9 Å². The van der Waals surface area contributed by atoms with Gasteiger partial charge in [0.25, 0.3) is 5.91 Å². The highest BCUT2D eigenvalue weighted by Gasteiger charge is 2.33. The quantitative estimate of drug-likeness (QED) is 0.170. The number of imide groups is 1. The molecule has 8 rings (SSSR count). The number of aromatic nitrogens is 3. The van der Waals surface area contributed by atoms with Gasteiger partial charge in [-0.05, 0) is 55.9 Å². The van der Waals surface area contributed by atoms with Crippen molar-refractivity contribution in [3.63, 3.8) is 0 Å². The Morgan fingerprint density at radius 1 is 0.945 bits per heavy atom. The fourth-order valence-corrected chi connectivity index (χ4v) is 9.05. The molecule has 3 fully saturated rings. The van der Waals surface area contributed by atoms with Crippen molar-refractivity contribution < 1.29 is 32.3 Å². The molecule has 2 aliphatic heterocycles. The van der Waals surface area contributed by atoms with Crippen molar-refractivity contribution in [2.45, 2.75) is 44.2 Å². The summed E-state index contributed by atoms with van der Waals surface area (Å²) < 4.78 is 45.9. The Morgan fingerprint density at radius 3 is 2.47 bits per heavy atom. The molecule has 2 N–H and O–H groups in total. The summed E-state index contributed by atoms with van der Waals surface area (Å²) in [6, 6.07) is 12.4. The van der Waals surface area contributed by atoms with Crippen LogP contribution in [0.4, 0.5) is 35.0 Å². The average Bonchev–Trinajstić information content (AvgIpc) is 3.60. The molecule has 55 heavy (non-hydrogen) atoms. The lowest BCUT2D eigenvalue weighted by Crippen LogP contribution is -2.49. The monoisotopic (exact) mass is 772 g/mol. The first-order chi connectivity index (χ1) is 26.5. The molecule has 0 spiro atoms. The zero-order chi connectivity index (χ0) is 38.3. The standard InChI is InChI=1S/C39H39F3N8O4S/c1-54-32-18-29-33(19-28(32)45-36(52)27-5-3-7-34(44-27)39(40,41)42)55-37(46-29)24-10-8-23(9-11-24)22-48-14-16-49(17-15-48)30-6-2-4-25-26(30)20-43-21-31(25)50-13-12-35(51)47-38(50)53/h2-7,18-21,23-24H,8-17,22H2,1H3,(H,45,52)(H,47,51,53). The summed E-state index contributed by atoms with van der Waals surface area (Å²) in [6.07, 6.45) is 3.39. The van der Waals surface area contributed by atoms with Crippen LogP contribution < -0.4 is 25.2 Å².